The number of hydrogen-bond acceptors (Lipinski definition) is 3. The van der Waals surface area contributed by atoms with Gasteiger partial charge in [0.15, 0.2) is 0 Å². The van der Waals surface area contributed by atoms with Crippen molar-refractivity contribution in [1.29, 1.82) is 0 Å². The molecular formula is C17H24N2O2. The van der Waals surface area contributed by atoms with E-state index in [1.807, 2.05) is 30.3 Å². The summed E-state index contributed by atoms with van der Waals surface area (Å²) in [5.41, 5.74) is 0.913. The predicted molar refractivity (Wildman–Crippen MR) is 82.5 cm³/mol. The van der Waals surface area contributed by atoms with Crippen LogP contribution in [0.1, 0.15) is 30.7 Å². The van der Waals surface area contributed by atoms with Crippen LogP contribution in [0.5, 0.6) is 0 Å². The molecule has 0 bridgehead atoms. The van der Waals surface area contributed by atoms with Gasteiger partial charge in [0, 0.05) is 32.2 Å². The van der Waals surface area contributed by atoms with Crippen LogP contribution in [-0.4, -0.2) is 59.6 Å². The summed E-state index contributed by atoms with van der Waals surface area (Å²) in [6.07, 6.45) is 3.90. The number of aliphatic carboxylic acids is 1. The maximum Gasteiger partial charge on any atom is 0.312 e. The molecule has 2 aliphatic heterocycles. The van der Waals surface area contributed by atoms with Gasteiger partial charge in [-0.05, 0) is 24.9 Å². The lowest BCUT2D eigenvalue weighted by atomic mass is 9.96. The topological polar surface area (TPSA) is 43.8 Å². The monoisotopic (exact) mass is 288 g/mol. The van der Waals surface area contributed by atoms with Crippen molar-refractivity contribution in [2.75, 3.05) is 32.7 Å². The summed E-state index contributed by atoms with van der Waals surface area (Å²) in [6.45, 7) is 4.96. The maximum absolute atomic E-state index is 11.6. The van der Waals surface area contributed by atoms with Gasteiger partial charge in [-0.3, -0.25) is 14.6 Å². The van der Waals surface area contributed by atoms with E-state index < -0.39 is 11.9 Å². The highest BCUT2D eigenvalue weighted by molar-refractivity contribution is 5.76. The number of rotatable bonds is 4. The molecule has 0 amide bonds. The average molecular weight is 288 g/mol. The number of benzene rings is 1. The van der Waals surface area contributed by atoms with Crippen molar-refractivity contribution >= 4 is 5.97 Å². The Hall–Kier alpha value is -1.39. The third-order valence-electron chi connectivity index (χ3n) is 4.86. The summed E-state index contributed by atoms with van der Waals surface area (Å²) in [7, 11) is 0. The van der Waals surface area contributed by atoms with E-state index in [0.29, 0.717) is 12.6 Å². The molecule has 1 N–H and O–H groups in total. The average Bonchev–Trinajstić information content (AvgIpc) is 2.53. The number of piperidine rings is 1. The first kappa shape index (κ1) is 14.5. The van der Waals surface area contributed by atoms with Crippen molar-refractivity contribution in [2.45, 2.75) is 31.2 Å². The molecule has 2 unspecified atom stereocenters. The Morgan fingerprint density at radius 2 is 2.00 bits per heavy atom. The zero-order valence-electron chi connectivity index (χ0n) is 12.4. The lowest BCUT2D eigenvalue weighted by Gasteiger charge is -2.44. The Bertz CT molecular complexity index is 477. The molecule has 2 heterocycles. The van der Waals surface area contributed by atoms with Gasteiger partial charge >= 0.3 is 5.97 Å². The van der Waals surface area contributed by atoms with Crippen molar-refractivity contribution in [1.82, 2.24) is 9.80 Å². The van der Waals surface area contributed by atoms with Crippen LogP contribution in [0.4, 0.5) is 0 Å². The van der Waals surface area contributed by atoms with Gasteiger partial charge in [0.2, 0.25) is 0 Å². The number of carboxylic acids is 1. The molecule has 2 saturated heterocycles. The molecular weight excluding hydrogens is 264 g/mol. The van der Waals surface area contributed by atoms with Crippen LogP contribution in [0.2, 0.25) is 0 Å². The van der Waals surface area contributed by atoms with E-state index in [2.05, 4.69) is 9.80 Å². The second kappa shape index (κ2) is 6.58. The Labute approximate surface area is 126 Å². The van der Waals surface area contributed by atoms with Crippen LogP contribution < -0.4 is 0 Å². The SMILES string of the molecule is O=C(O)C(CN1CCN2CCCCC2C1)c1ccccc1. The highest BCUT2D eigenvalue weighted by Gasteiger charge is 2.31. The van der Waals surface area contributed by atoms with Crippen LogP contribution in [0, 0.1) is 0 Å². The maximum atomic E-state index is 11.6. The summed E-state index contributed by atoms with van der Waals surface area (Å²) in [5.74, 6) is -1.13. The van der Waals surface area contributed by atoms with E-state index in [9.17, 15) is 9.90 Å². The van der Waals surface area contributed by atoms with Gasteiger partial charge in [0.05, 0.1) is 5.92 Å². The van der Waals surface area contributed by atoms with E-state index >= 15 is 0 Å². The van der Waals surface area contributed by atoms with E-state index in [0.717, 1.165) is 25.2 Å². The highest BCUT2D eigenvalue weighted by Crippen LogP contribution is 2.24. The number of fused-ring (bicyclic) bond motifs is 1. The Morgan fingerprint density at radius 1 is 1.19 bits per heavy atom. The van der Waals surface area contributed by atoms with E-state index in [1.54, 1.807) is 0 Å². The Morgan fingerprint density at radius 3 is 2.76 bits per heavy atom. The molecule has 21 heavy (non-hydrogen) atoms. The fraction of sp³-hybridized carbons (Fsp3) is 0.588. The second-order valence-electron chi connectivity index (χ2n) is 6.25. The van der Waals surface area contributed by atoms with Gasteiger partial charge in [-0.1, -0.05) is 36.8 Å². The molecule has 0 spiro atoms. The number of carboxylic acid groups (broad SMARTS) is 1. The largest absolute Gasteiger partial charge is 0.481 e. The fourth-order valence-corrected chi connectivity index (χ4v) is 3.66. The molecule has 1 aromatic rings. The first-order chi connectivity index (χ1) is 10.2. The summed E-state index contributed by atoms with van der Waals surface area (Å²) in [4.78, 5) is 16.5. The predicted octanol–water partition coefficient (Wildman–Crippen LogP) is 2.02. The summed E-state index contributed by atoms with van der Waals surface area (Å²) >= 11 is 0. The number of nitrogens with zero attached hydrogens (tertiary/aromatic N) is 2. The normalized spacial score (nSPS) is 25.2. The van der Waals surface area contributed by atoms with E-state index in [-0.39, 0.29) is 0 Å². The lowest BCUT2D eigenvalue weighted by molar-refractivity contribution is -0.139. The third kappa shape index (κ3) is 3.44. The summed E-state index contributed by atoms with van der Waals surface area (Å²) in [5, 5.41) is 9.55. The minimum absolute atomic E-state index is 0.415. The minimum Gasteiger partial charge on any atom is -0.481 e. The fourth-order valence-electron chi connectivity index (χ4n) is 3.66. The number of carbonyl (C=O) groups is 1. The van der Waals surface area contributed by atoms with Crippen LogP contribution in [0.25, 0.3) is 0 Å². The van der Waals surface area contributed by atoms with Crippen molar-refractivity contribution in [2.24, 2.45) is 0 Å². The standard InChI is InChI=1S/C17H24N2O2/c20-17(21)16(14-6-2-1-3-7-14)13-18-10-11-19-9-5-4-8-15(19)12-18/h1-3,6-7,15-16H,4-5,8-13H2,(H,20,21). The zero-order chi connectivity index (χ0) is 14.7. The molecule has 0 radical (unpaired) electrons. The van der Waals surface area contributed by atoms with Crippen LogP contribution in [0.3, 0.4) is 0 Å². The molecule has 2 fully saturated rings. The molecule has 0 aromatic heterocycles. The molecule has 0 aliphatic carbocycles. The van der Waals surface area contributed by atoms with Crippen LogP contribution in [0.15, 0.2) is 30.3 Å². The summed E-state index contributed by atoms with van der Waals surface area (Å²) < 4.78 is 0. The first-order valence-corrected chi connectivity index (χ1v) is 7.98. The molecule has 4 nitrogen and oxygen atoms in total. The number of hydrogen-bond donors (Lipinski definition) is 1. The van der Waals surface area contributed by atoms with Crippen molar-refractivity contribution in [3.8, 4) is 0 Å². The number of piperazine rings is 1. The smallest absolute Gasteiger partial charge is 0.312 e. The van der Waals surface area contributed by atoms with E-state index in [4.69, 9.17) is 0 Å². The van der Waals surface area contributed by atoms with Crippen molar-refractivity contribution in [3.05, 3.63) is 35.9 Å². The van der Waals surface area contributed by atoms with Gasteiger partial charge in [-0.25, -0.2) is 0 Å². The molecule has 114 valence electrons. The Balaban J connectivity index is 1.65. The second-order valence-corrected chi connectivity index (χ2v) is 6.25. The molecule has 1 aromatic carbocycles. The van der Waals surface area contributed by atoms with Crippen LogP contribution >= 0.6 is 0 Å². The van der Waals surface area contributed by atoms with Gasteiger partial charge < -0.3 is 5.11 Å². The minimum atomic E-state index is -0.715. The van der Waals surface area contributed by atoms with Crippen molar-refractivity contribution in [3.63, 3.8) is 0 Å². The van der Waals surface area contributed by atoms with Gasteiger partial charge in [0.25, 0.3) is 0 Å². The van der Waals surface area contributed by atoms with E-state index in [1.165, 1.54) is 25.8 Å². The van der Waals surface area contributed by atoms with Gasteiger partial charge in [-0.2, -0.15) is 0 Å². The summed E-state index contributed by atoms with van der Waals surface area (Å²) in [6, 6.07) is 10.3. The third-order valence-corrected chi connectivity index (χ3v) is 4.86. The molecule has 0 saturated carbocycles. The first-order valence-electron chi connectivity index (χ1n) is 7.98. The lowest BCUT2D eigenvalue weighted by Crippen LogP contribution is -2.55. The van der Waals surface area contributed by atoms with Gasteiger partial charge in [-0.15, -0.1) is 0 Å². The molecule has 2 aliphatic rings. The molecule has 4 heteroatoms. The zero-order valence-corrected chi connectivity index (χ0v) is 12.4. The highest BCUT2D eigenvalue weighted by atomic mass is 16.4. The van der Waals surface area contributed by atoms with Crippen LogP contribution in [-0.2, 0) is 4.79 Å². The Kier molecular flexibility index (Phi) is 4.56. The molecule has 2 atom stereocenters. The van der Waals surface area contributed by atoms with Gasteiger partial charge in [0.1, 0.15) is 0 Å². The molecule has 3 rings (SSSR count). The van der Waals surface area contributed by atoms with Crippen molar-refractivity contribution < 1.29 is 9.90 Å². The quantitative estimate of drug-likeness (QED) is 0.920.